The Bertz CT molecular complexity index is 412. The highest BCUT2D eigenvalue weighted by Gasteiger charge is 2.27. The molecule has 0 atom stereocenters. The Labute approximate surface area is 94.3 Å². The fourth-order valence-corrected chi connectivity index (χ4v) is 1.95. The van der Waals surface area contributed by atoms with Gasteiger partial charge in [-0.05, 0) is 19.3 Å². The molecule has 2 rings (SSSR count). The quantitative estimate of drug-likeness (QED) is 0.788. The second-order valence-corrected chi connectivity index (χ2v) is 4.17. The molecule has 0 amide bonds. The van der Waals surface area contributed by atoms with E-state index in [1.807, 2.05) is 4.90 Å². The van der Waals surface area contributed by atoms with E-state index in [-0.39, 0.29) is 12.2 Å². The maximum Gasteiger partial charge on any atom is 0.293 e. The van der Waals surface area contributed by atoms with Gasteiger partial charge >= 0.3 is 0 Å². The molecule has 1 heterocycles. The Kier molecular flexibility index (Phi) is 3.24. The smallest absolute Gasteiger partial charge is 0.293 e. The van der Waals surface area contributed by atoms with Gasteiger partial charge < -0.3 is 14.6 Å². The standard InChI is InChI=1S/C11H17N3O2/c1-13-6-5-12-10(11(13)16)14(7-8-15)9-3-2-4-9/h5-6,9,15H,2-4,7-8H2,1H3. The minimum absolute atomic E-state index is 0.0518. The zero-order valence-electron chi connectivity index (χ0n) is 9.46. The lowest BCUT2D eigenvalue weighted by Crippen LogP contribution is -2.45. The predicted octanol–water partition coefficient (Wildman–Crippen LogP) is 0.131. The number of nitrogens with zero attached hydrogens (tertiary/aromatic N) is 3. The van der Waals surface area contributed by atoms with Crippen molar-refractivity contribution in [1.82, 2.24) is 9.55 Å². The van der Waals surface area contributed by atoms with E-state index in [4.69, 9.17) is 5.11 Å². The summed E-state index contributed by atoms with van der Waals surface area (Å²) < 4.78 is 1.52. The van der Waals surface area contributed by atoms with E-state index in [0.717, 1.165) is 12.8 Å². The summed E-state index contributed by atoms with van der Waals surface area (Å²) in [5.41, 5.74) is -0.0946. The lowest BCUT2D eigenvalue weighted by atomic mass is 9.91. The van der Waals surface area contributed by atoms with Gasteiger partial charge in [-0.1, -0.05) is 0 Å². The monoisotopic (exact) mass is 223 g/mol. The molecule has 0 saturated heterocycles. The molecule has 1 fully saturated rings. The summed E-state index contributed by atoms with van der Waals surface area (Å²) in [7, 11) is 1.71. The lowest BCUT2D eigenvalue weighted by molar-refractivity contribution is 0.282. The van der Waals surface area contributed by atoms with Gasteiger partial charge in [0.2, 0.25) is 0 Å². The van der Waals surface area contributed by atoms with Crippen LogP contribution in [0.15, 0.2) is 17.2 Å². The first-order valence-electron chi connectivity index (χ1n) is 5.63. The fraction of sp³-hybridized carbons (Fsp3) is 0.636. The topological polar surface area (TPSA) is 58.4 Å². The van der Waals surface area contributed by atoms with Crippen molar-refractivity contribution in [2.24, 2.45) is 7.05 Å². The molecular weight excluding hydrogens is 206 g/mol. The third kappa shape index (κ3) is 1.95. The first kappa shape index (κ1) is 11.1. The van der Waals surface area contributed by atoms with Crippen LogP contribution in [-0.4, -0.2) is 33.9 Å². The Hall–Kier alpha value is -1.36. The molecule has 5 heteroatoms. The molecule has 0 bridgehead atoms. The van der Waals surface area contributed by atoms with Crippen molar-refractivity contribution in [3.8, 4) is 0 Å². The Morgan fingerprint density at radius 1 is 1.62 bits per heavy atom. The Morgan fingerprint density at radius 3 is 2.94 bits per heavy atom. The Morgan fingerprint density at radius 2 is 2.38 bits per heavy atom. The van der Waals surface area contributed by atoms with Crippen molar-refractivity contribution < 1.29 is 5.11 Å². The first-order valence-corrected chi connectivity index (χ1v) is 5.63. The van der Waals surface area contributed by atoms with E-state index in [1.54, 1.807) is 19.4 Å². The third-order valence-corrected chi connectivity index (χ3v) is 3.13. The number of aromatic nitrogens is 2. The highest BCUT2D eigenvalue weighted by Crippen LogP contribution is 2.26. The van der Waals surface area contributed by atoms with Gasteiger partial charge in [0.15, 0.2) is 5.82 Å². The van der Waals surface area contributed by atoms with Crippen LogP contribution in [0.25, 0.3) is 0 Å². The molecule has 0 aliphatic heterocycles. The van der Waals surface area contributed by atoms with Crippen LogP contribution in [0.1, 0.15) is 19.3 Å². The molecule has 1 aliphatic rings. The number of aryl methyl sites for hydroxylation is 1. The van der Waals surface area contributed by atoms with Gasteiger partial charge in [0.05, 0.1) is 6.61 Å². The minimum atomic E-state index is -0.0946. The van der Waals surface area contributed by atoms with Crippen LogP contribution in [0.2, 0.25) is 0 Å². The van der Waals surface area contributed by atoms with Crippen LogP contribution in [0.3, 0.4) is 0 Å². The number of aliphatic hydroxyl groups excluding tert-OH is 1. The summed E-state index contributed by atoms with van der Waals surface area (Å²) in [6, 6.07) is 0.370. The van der Waals surface area contributed by atoms with Gasteiger partial charge in [-0.15, -0.1) is 0 Å². The van der Waals surface area contributed by atoms with Gasteiger partial charge in [-0.3, -0.25) is 4.79 Å². The molecule has 5 nitrogen and oxygen atoms in total. The molecule has 0 spiro atoms. The van der Waals surface area contributed by atoms with E-state index >= 15 is 0 Å². The van der Waals surface area contributed by atoms with Gasteiger partial charge in [-0.2, -0.15) is 0 Å². The molecule has 1 N–H and O–H groups in total. The molecule has 1 saturated carbocycles. The molecular formula is C11H17N3O2. The molecule has 16 heavy (non-hydrogen) atoms. The van der Waals surface area contributed by atoms with Crippen molar-refractivity contribution in [3.63, 3.8) is 0 Å². The fourth-order valence-electron chi connectivity index (χ4n) is 1.95. The van der Waals surface area contributed by atoms with E-state index in [9.17, 15) is 4.79 Å². The van der Waals surface area contributed by atoms with E-state index in [2.05, 4.69) is 4.98 Å². The summed E-state index contributed by atoms with van der Waals surface area (Å²) in [5.74, 6) is 0.462. The maximum atomic E-state index is 11.9. The summed E-state index contributed by atoms with van der Waals surface area (Å²) in [5, 5.41) is 9.05. The summed E-state index contributed by atoms with van der Waals surface area (Å²) in [6.45, 7) is 0.535. The zero-order valence-corrected chi connectivity index (χ0v) is 9.46. The minimum Gasteiger partial charge on any atom is -0.395 e. The molecule has 1 aliphatic carbocycles. The lowest BCUT2D eigenvalue weighted by Gasteiger charge is -2.37. The zero-order chi connectivity index (χ0) is 11.5. The van der Waals surface area contributed by atoms with Crippen LogP contribution < -0.4 is 10.5 Å². The molecule has 0 radical (unpaired) electrons. The van der Waals surface area contributed by atoms with Gasteiger partial charge in [0.25, 0.3) is 5.56 Å². The summed E-state index contributed by atoms with van der Waals surface area (Å²) >= 11 is 0. The normalized spacial score (nSPS) is 15.9. The van der Waals surface area contributed by atoms with Crippen molar-refractivity contribution in [1.29, 1.82) is 0 Å². The van der Waals surface area contributed by atoms with E-state index in [1.165, 1.54) is 11.0 Å². The second kappa shape index (κ2) is 4.65. The summed E-state index contributed by atoms with van der Waals surface area (Å²) in [6.07, 6.45) is 6.63. The van der Waals surface area contributed by atoms with Crippen molar-refractivity contribution in [2.45, 2.75) is 25.3 Å². The van der Waals surface area contributed by atoms with E-state index < -0.39 is 0 Å². The van der Waals surface area contributed by atoms with Gasteiger partial charge in [0, 0.05) is 32.0 Å². The third-order valence-electron chi connectivity index (χ3n) is 3.13. The van der Waals surface area contributed by atoms with Crippen molar-refractivity contribution in [3.05, 3.63) is 22.7 Å². The van der Waals surface area contributed by atoms with Crippen molar-refractivity contribution >= 4 is 5.82 Å². The number of hydrogen-bond acceptors (Lipinski definition) is 4. The van der Waals surface area contributed by atoms with Crippen LogP contribution in [-0.2, 0) is 7.05 Å². The maximum absolute atomic E-state index is 11.9. The Balaban J connectivity index is 2.30. The average molecular weight is 223 g/mol. The van der Waals surface area contributed by atoms with Crippen LogP contribution in [0.4, 0.5) is 5.82 Å². The number of aliphatic hydroxyl groups is 1. The van der Waals surface area contributed by atoms with Crippen molar-refractivity contribution in [2.75, 3.05) is 18.1 Å². The highest BCUT2D eigenvalue weighted by molar-refractivity contribution is 5.37. The molecule has 1 aromatic heterocycles. The van der Waals surface area contributed by atoms with E-state index in [0.29, 0.717) is 18.4 Å². The number of hydrogen-bond donors (Lipinski definition) is 1. The van der Waals surface area contributed by atoms with Crippen LogP contribution in [0.5, 0.6) is 0 Å². The van der Waals surface area contributed by atoms with Crippen LogP contribution >= 0.6 is 0 Å². The number of anilines is 1. The molecule has 1 aromatic rings. The SMILES string of the molecule is Cn1ccnc(N(CCO)C2CCC2)c1=O. The molecule has 88 valence electrons. The first-order chi connectivity index (χ1) is 7.74. The average Bonchev–Trinajstić information content (AvgIpc) is 2.19. The molecule has 0 unspecified atom stereocenters. The van der Waals surface area contributed by atoms with Crippen LogP contribution in [0, 0.1) is 0 Å². The van der Waals surface area contributed by atoms with Gasteiger partial charge in [-0.25, -0.2) is 4.98 Å². The predicted molar refractivity (Wildman–Crippen MR) is 61.5 cm³/mol. The highest BCUT2D eigenvalue weighted by atomic mass is 16.3. The number of rotatable bonds is 4. The largest absolute Gasteiger partial charge is 0.395 e. The second-order valence-electron chi connectivity index (χ2n) is 4.17. The summed E-state index contributed by atoms with van der Waals surface area (Å²) in [4.78, 5) is 18.0. The van der Waals surface area contributed by atoms with Gasteiger partial charge in [0.1, 0.15) is 0 Å². The molecule has 0 aromatic carbocycles.